The van der Waals surface area contributed by atoms with E-state index >= 15 is 0 Å². The van der Waals surface area contributed by atoms with Gasteiger partial charge in [-0.05, 0) is 37.0 Å². The summed E-state index contributed by atoms with van der Waals surface area (Å²) in [6.45, 7) is 6.08. The number of nitrogens with one attached hydrogen (secondary N) is 1. The topological polar surface area (TPSA) is 55.4 Å². The number of hydrogen-bond acceptors (Lipinski definition) is 4. The van der Waals surface area contributed by atoms with Gasteiger partial charge < -0.3 is 10.1 Å². The fourth-order valence-corrected chi connectivity index (χ4v) is 4.39. The number of ketones is 1. The second kappa shape index (κ2) is 5.06. The van der Waals surface area contributed by atoms with Gasteiger partial charge in [0, 0.05) is 33.4 Å². The number of Topliss-reactive ketones (excluding diaryl/α,β-unsaturated/α-hetero) is 1. The van der Waals surface area contributed by atoms with Crippen LogP contribution in [-0.4, -0.2) is 11.8 Å². The molecule has 0 saturated carbocycles. The summed E-state index contributed by atoms with van der Waals surface area (Å²) in [6.07, 6.45) is 1.29. The van der Waals surface area contributed by atoms with E-state index in [9.17, 15) is 9.59 Å². The molecule has 0 fully saturated rings. The SMILES string of the molecule is CC1=C2C(=O)Oc3ccc(Br)cc3C2C2=C(CC(C)(C)CC2=O)N1. The van der Waals surface area contributed by atoms with E-state index in [1.807, 2.05) is 19.1 Å². The molecule has 1 atom stereocenters. The van der Waals surface area contributed by atoms with Crippen molar-refractivity contribution < 1.29 is 14.3 Å². The summed E-state index contributed by atoms with van der Waals surface area (Å²) in [4.78, 5) is 25.5. The number of benzene rings is 1. The minimum Gasteiger partial charge on any atom is -0.423 e. The summed E-state index contributed by atoms with van der Waals surface area (Å²) in [7, 11) is 0. The zero-order valence-corrected chi connectivity index (χ0v) is 15.4. The van der Waals surface area contributed by atoms with Crippen molar-refractivity contribution in [2.45, 2.75) is 39.5 Å². The molecule has 0 saturated heterocycles. The Morgan fingerprint density at radius 2 is 1.96 bits per heavy atom. The summed E-state index contributed by atoms with van der Waals surface area (Å²) in [5.41, 5.74) is 3.80. The van der Waals surface area contributed by atoms with Crippen molar-refractivity contribution in [2.24, 2.45) is 5.41 Å². The predicted octanol–water partition coefficient (Wildman–Crippen LogP) is 3.97. The van der Waals surface area contributed by atoms with Crippen molar-refractivity contribution >= 4 is 27.7 Å². The molecule has 4 rings (SSSR count). The molecular formula is C19H18BrNO3. The Labute approximate surface area is 149 Å². The predicted molar refractivity (Wildman–Crippen MR) is 93.4 cm³/mol. The monoisotopic (exact) mass is 387 g/mol. The van der Waals surface area contributed by atoms with E-state index in [1.54, 1.807) is 6.07 Å². The van der Waals surface area contributed by atoms with Crippen molar-refractivity contribution in [1.82, 2.24) is 5.32 Å². The molecule has 0 aromatic heterocycles. The highest BCUT2D eigenvalue weighted by Crippen LogP contribution is 2.50. The molecule has 1 N–H and O–H groups in total. The third kappa shape index (κ3) is 2.25. The average molecular weight is 388 g/mol. The number of carbonyl (C=O) groups is 2. The summed E-state index contributed by atoms with van der Waals surface area (Å²) in [5.74, 6) is -0.0527. The molecule has 1 aromatic carbocycles. The van der Waals surface area contributed by atoms with Crippen LogP contribution >= 0.6 is 15.9 Å². The highest BCUT2D eigenvalue weighted by molar-refractivity contribution is 9.10. The Bertz CT molecular complexity index is 863. The fraction of sp³-hybridized carbons (Fsp3) is 0.368. The van der Waals surface area contributed by atoms with Crippen LogP contribution in [0, 0.1) is 5.41 Å². The summed E-state index contributed by atoms with van der Waals surface area (Å²) < 4.78 is 6.39. The normalized spacial score (nSPS) is 24.8. The highest BCUT2D eigenvalue weighted by Gasteiger charge is 2.46. The second-order valence-electron chi connectivity index (χ2n) is 7.50. The van der Waals surface area contributed by atoms with E-state index in [0.29, 0.717) is 17.7 Å². The minimum atomic E-state index is -0.371. The van der Waals surface area contributed by atoms with Gasteiger partial charge in [-0.2, -0.15) is 0 Å². The van der Waals surface area contributed by atoms with E-state index in [4.69, 9.17) is 4.74 Å². The van der Waals surface area contributed by atoms with Crippen LogP contribution in [0.3, 0.4) is 0 Å². The number of dihydropyridines is 1. The highest BCUT2D eigenvalue weighted by atomic mass is 79.9. The van der Waals surface area contributed by atoms with E-state index in [2.05, 4.69) is 35.1 Å². The number of halogens is 1. The van der Waals surface area contributed by atoms with Gasteiger partial charge in [0.15, 0.2) is 5.78 Å². The number of ether oxygens (including phenoxy) is 1. The molecule has 124 valence electrons. The molecular weight excluding hydrogens is 370 g/mol. The Morgan fingerprint density at radius 1 is 1.21 bits per heavy atom. The van der Waals surface area contributed by atoms with Crippen LogP contribution in [-0.2, 0) is 9.59 Å². The number of allylic oxidation sites excluding steroid dienone is 3. The molecule has 2 aliphatic heterocycles. The first kappa shape index (κ1) is 15.6. The second-order valence-corrected chi connectivity index (χ2v) is 8.42. The van der Waals surface area contributed by atoms with E-state index in [-0.39, 0.29) is 23.1 Å². The Balaban J connectivity index is 1.96. The van der Waals surface area contributed by atoms with Crippen LogP contribution in [0.4, 0.5) is 0 Å². The molecule has 5 heteroatoms. The first-order chi connectivity index (χ1) is 11.3. The fourth-order valence-electron chi connectivity index (χ4n) is 4.01. The number of fused-ring (bicyclic) bond motifs is 4. The lowest BCUT2D eigenvalue weighted by Crippen LogP contribution is -2.40. The van der Waals surface area contributed by atoms with Crippen LogP contribution in [0.25, 0.3) is 0 Å². The summed E-state index contributed by atoms with van der Waals surface area (Å²) in [6, 6.07) is 5.57. The third-order valence-corrected chi connectivity index (χ3v) is 5.44. The zero-order valence-electron chi connectivity index (χ0n) is 13.8. The standard InChI is InChI=1S/C19H18BrNO3/c1-9-15-16(11-6-10(20)4-5-14(11)24-18(15)23)17-12(21-9)7-19(2,3)8-13(17)22/h4-6,16,21H,7-8H2,1-3H3. The van der Waals surface area contributed by atoms with Gasteiger partial charge in [0.25, 0.3) is 0 Å². The number of hydrogen-bond donors (Lipinski definition) is 1. The third-order valence-electron chi connectivity index (χ3n) is 4.95. The molecule has 1 aliphatic carbocycles. The largest absolute Gasteiger partial charge is 0.423 e. The van der Waals surface area contributed by atoms with Gasteiger partial charge in [-0.3, -0.25) is 4.79 Å². The Morgan fingerprint density at radius 3 is 2.71 bits per heavy atom. The maximum atomic E-state index is 12.9. The molecule has 1 unspecified atom stereocenters. The Kier molecular flexibility index (Phi) is 3.29. The van der Waals surface area contributed by atoms with Gasteiger partial charge in [-0.25, -0.2) is 4.79 Å². The number of esters is 1. The lowest BCUT2D eigenvalue weighted by atomic mass is 9.68. The van der Waals surface area contributed by atoms with Crippen LogP contribution in [0.2, 0.25) is 0 Å². The lowest BCUT2D eigenvalue weighted by Gasteiger charge is -2.41. The van der Waals surface area contributed by atoms with E-state index in [1.165, 1.54) is 0 Å². The van der Waals surface area contributed by atoms with Gasteiger partial charge >= 0.3 is 5.97 Å². The van der Waals surface area contributed by atoms with Gasteiger partial charge in [0.05, 0.1) is 11.5 Å². The van der Waals surface area contributed by atoms with Crippen molar-refractivity contribution in [2.75, 3.05) is 0 Å². The van der Waals surface area contributed by atoms with Crippen molar-refractivity contribution in [3.8, 4) is 5.75 Å². The number of rotatable bonds is 0. The van der Waals surface area contributed by atoms with E-state index < -0.39 is 0 Å². The van der Waals surface area contributed by atoms with Crippen LogP contribution in [0.1, 0.15) is 45.1 Å². The maximum absolute atomic E-state index is 12.9. The first-order valence-electron chi connectivity index (χ1n) is 8.02. The zero-order chi connectivity index (χ0) is 17.2. The van der Waals surface area contributed by atoms with Crippen molar-refractivity contribution in [3.05, 3.63) is 50.8 Å². The molecule has 0 amide bonds. The van der Waals surface area contributed by atoms with Gasteiger partial charge in [-0.1, -0.05) is 29.8 Å². The summed E-state index contributed by atoms with van der Waals surface area (Å²) >= 11 is 3.49. The minimum absolute atomic E-state index is 0.0734. The van der Waals surface area contributed by atoms with Crippen LogP contribution in [0.5, 0.6) is 5.75 Å². The first-order valence-corrected chi connectivity index (χ1v) is 8.82. The van der Waals surface area contributed by atoms with Gasteiger partial charge in [-0.15, -0.1) is 0 Å². The van der Waals surface area contributed by atoms with Crippen molar-refractivity contribution in [1.29, 1.82) is 0 Å². The number of carbonyl (C=O) groups excluding carboxylic acids is 2. The molecule has 0 radical (unpaired) electrons. The van der Waals surface area contributed by atoms with Gasteiger partial charge in [0.1, 0.15) is 5.75 Å². The smallest absolute Gasteiger partial charge is 0.342 e. The molecule has 0 bridgehead atoms. The molecule has 24 heavy (non-hydrogen) atoms. The molecule has 1 aromatic rings. The average Bonchev–Trinajstić information content (AvgIpc) is 2.45. The maximum Gasteiger partial charge on any atom is 0.342 e. The van der Waals surface area contributed by atoms with Crippen LogP contribution < -0.4 is 10.1 Å². The Hall–Kier alpha value is -1.88. The van der Waals surface area contributed by atoms with Crippen LogP contribution in [0.15, 0.2) is 45.2 Å². The molecule has 0 spiro atoms. The van der Waals surface area contributed by atoms with Gasteiger partial charge in [0.2, 0.25) is 0 Å². The van der Waals surface area contributed by atoms with Crippen molar-refractivity contribution in [3.63, 3.8) is 0 Å². The summed E-state index contributed by atoms with van der Waals surface area (Å²) in [5, 5.41) is 3.31. The van der Waals surface area contributed by atoms with E-state index in [0.717, 1.165) is 33.4 Å². The molecule has 2 heterocycles. The molecule has 3 aliphatic rings. The lowest BCUT2D eigenvalue weighted by molar-refractivity contribution is -0.131. The molecule has 4 nitrogen and oxygen atoms in total. The quantitative estimate of drug-likeness (QED) is 0.540.